The van der Waals surface area contributed by atoms with Crippen LogP contribution >= 0.6 is 0 Å². The lowest BCUT2D eigenvalue weighted by Gasteiger charge is -2.14. The molecule has 0 unspecified atom stereocenters. The van der Waals surface area contributed by atoms with E-state index in [1.807, 2.05) is 44.5 Å². The van der Waals surface area contributed by atoms with Gasteiger partial charge in [0.05, 0.1) is 0 Å². The van der Waals surface area contributed by atoms with Gasteiger partial charge in [0.25, 0.3) is 0 Å². The number of hydrogen-bond donors (Lipinski definition) is 0. The average molecular weight is 273 g/mol. The maximum absolute atomic E-state index is 10.8. The first-order chi connectivity index (χ1) is 9.52. The first-order valence-corrected chi connectivity index (χ1v) is 6.60. The molecular weight excluding hydrogens is 254 g/mol. The SMILES string of the molecule is Cc1cc(C=O)cc(C)c1OCc1ncnn1C(C)C. The maximum Gasteiger partial charge on any atom is 0.165 e. The third-order valence-electron chi connectivity index (χ3n) is 3.10. The molecule has 0 saturated heterocycles. The van der Waals surface area contributed by atoms with Crippen molar-refractivity contribution in [2.45, 2.75) is 40.3 Å². The topological polar surface area (TPSA) is 57.0 Å². The van der Waals surface area contributed by atoms with Gasteiger partial charge in [-0.25, -0.2) is 9.67 Å². The van der Waals surface area contributed by atoms with E-state index < -0.39 is 0 Å². The minimum absolute atomic E-state index is 0.246. The van der Waals surface area contributed by atoms with E-state index in [4.69, 9.17) is 4.74 Å². The second kappa shape index (κ2) is 5.86. The first kappa shape index (κ1) is 14.2. The van der Waals surface area contributed by atoms with Crippen molar-refractivity contribution >= 4 is 6.29 Å². The molecule has 0 bridgehead atoms. The Kier molecular flexibility index (Phi) is 4.17. The normalized spacial score (nSPS) is 10.8. The van der Waals surface area contributed by atoms with Crippen LogP contribution in [0.25, 0.3) is 0 Å². The van der Waals surface area contributed by atoms with Gasteiger partial charge in [0, 0.05) is 11.6 Å². The number of aldehydes is 1. The molecule has 106 valence electrons. The number of aryl methyl sites for hydroxylation is 2. The van der Waals surface area contributed by atoms with Crippen LogP contribution in [-0.2, 0) is 6.61 Å². The van der Waals surface area contributed by atoms with Crippen molar-refractivity contribution in [2.75, 3.05) is 0 Å². The Hall–Kier alpha value is -2.17. The molecule has 0 atom stereocenters. The van der Waals surface area contributed by atoms with Crippen molar-refractivity contribution in [1.29, 1.82) is 0 Å². The molecule has 2 rings (SSSR count). The van der Waals surface area contributed by atoms with Gasteiger partial charge >= 0.3 is 0 Å². The van der Waals surface area contributed by atoms with Crippen LogP contribution in [0.1, 0.15) is 47.2 Å². The standard InChI is InChI=1S/C15H19N3O2/c1-10(2)18-14(16-9-17-18)8-20-15-11(3)5-13(7-19)6-12(15)4/h5-7,9-10H,8H2,1-4H3. The van der Waals surface area contributed by atoms with E-state index in [1.54, 1.807) is 0 Å². The van der Waals surface area contributed by atoms with E-state index in [0.717, 1.165) is 29.0 Å². The summed E-state index contributed by atoms with van der Waals surface area (Å²) in [6, 6.07) is 3.89. The molecule has 0 aliphatic heterocycles. The van der Waals surface area contributed by atoms with Crippen molar-refractivity contribution in [3.8, 4) is 5.75 Å². The summed E-state index contributed by atoms with van der Waals surface area (Å²) < 4.78 is 7.70. The summed E-state index contributed by atoms with van der Waals surface area (Å²) in [6.07, 6.45) is 2.38. The van der Waals surface area contributed by atoms with E-state index in [-0.39, 0.29) is 6.04 Å². The Morgan fingerprint density at radius 1 is 1.30 bits per heavy atom. The third kappa shape index (κ3) is 2.87. The Labute approximate surface area is 118 Å². The van der Waals surface area contributed by atoms with E-state index in [1.165, 1.54) is 6.33 Å². The van der Waals surface area contributed by atoms with Crippen LogP contribution < -0.4 is 4.74 Å². The second-order valence-corrected chi connectivity index (χ2v) is 5.10. The van der Waals surface area contributed by atoms with Gasteiger partial charge in [-0.15, -0.1) is 0 Å². The van der Waals surface area contributed by atoms with Gasteiger partial charge in [0.2, 0.25) is 0 Å². The van der Waals surface area contributed by atoms with Crippen molar-refractivity contribution in [3.05, 3.63) is 41.0 Å². The number of rotatable bonds is 5. The second-order valence-electron chi connectivity index (χ2n) is 5.10. The quantitative estimate of drug-likeness (QED) is 0.786. The molecule has 0 spiro atoms. The zero-order valence-corrected chi connectivity index (χ0v) is 12.3. The highest BCUT2D eigenvalue weighted by Crippen LogP contribution is 2.25. The van der Waals surface area contributed by atoms with Gasteiger partial charge in [-0.3, -0.25) is 4.79 Å². The number of carbonyl (C=O) groups excluding carboxylic acids is 1. The third-order valence-corrected chi connectivity index (χ3v) is 3.10. The molecule has 0 saturated carbocycles. The van der Waals surface area contributed by atoms with Crippen LogP contribution in [0.4, 0.5) is 0 Å². The van der Waals surface area contributed by atoms with Crippen LogP contribution in [0.2, 0.25) is 0 Å². The molecular formula is C15H19N3O2. The Bertz CT molecular complexity index is 594. The predicted molar refractivity (Wildman–Crippen MR) is 76.0 cm³/mol. The van der Waals surface area contributed by atoms with Gasteiger partial charge in [0.15, 0.2) is 5.82 Å². The number of carbonyl (C=O) groups is 1. The van der Waals surface area contributed by atoms with Gasteiger partial charge < -0.3 is 4.74 Å². The minimum Gasteiger partial charge on any atom is -0.485 e. The summed E-state index contributed by atoms with van der Waals surface area (Å²) in [5.41, 5.74) is 2.56. The molecule has 0 amide bonds. The molecule has 20 heavy (non-hydrogen) atoms. The fraction of sp³-hybridized carbons (Fsp3) is 0.400. The van der Waals surface area contributed by atoms with Crippen molar-refractivity contribution in [3.63, 3.8) is 0 Å². The van der Waals surface area contributed by atoms with Crippen molar-refractivity contribution in [1.82, 2.24) is 14.8 Å². The number of aromatic nitrogens is 3. The molecule has 2 aromatic rings. The van der Waals surface area contributed by atoms with Gasteiger partial charge in [-0.1, -0.05) is 0 Å². The molecule has 0 aliphatic carbocycles. The molecule has 1 aromatic heterocycles. The Morgan fingerprint density at radius 3 is 2.50 bits per heavy atom. The predicted octanol–water partition coefficient (Wildman–Crippen LogP) is 2.87. The zero-order valence-electron chi connectivity index (χ0n) is 12.3. The zero-order chi connectivity index (χ0) is 14.7. The molecule has 0 N–H and O–H groups in total. The van der Waals surface area contributed by atoms with Crippen molar-refractivity contribution in [2.24, 2.45) is 0 Å². The highest BCUT2D eigenvalue weighted by molar-refractivity contribution is 5.76. The summed E-state index contributed by atoms with van der Waals surface area (Å²) in [4.78, 5) is 15.0. The molecule has 0 aliphatic rings. The highest BCUT2D eigenvalue weighted by atomic mass is 16.5. The molecule has 5 nitrogen and oxygen atoms in total. The van der Waals surface area contributed by atoms with Crippen LogP contribution in [-0.4, -0.2) is 21.1 Å². The maximum atomic E-state index is 10.8. The highest BCUT2D eigenvalue weighted by Gasteiger charge is 2.11. The number of hydrogen-bond acceptors (Lipinski definition) is 4. The lowest BCUT2D eigenvalue weighted by Crippen LogP contribution is -2.11. The number of nitrogens with zero attached hydrogens (tertiary/aromatic N) is 3. The molecule has 1 heterocycles. The molecule has 5 heteroatoms. The largest absolute Gasteiger partial charge is 0.485 e. The van der Waals surface area contributed by atoms with Gasteiger partial charge in [0.1, 0.15) is 25.0 Å². The van der Waals surface area contributed by atoms with Gasteiger partial charge in [-0.2, -0.15) is 5.10 Å². The van der Waals surface area contributed by atoms with Gasteiger partial charge in [-0.05, 0) is 51.0 Å². The average Bonchev–Trinajstić information content (AvgIpc) is 2.86. The Morgan fingerprint density at radius 2 is 1.95 bits per heavy atom. The van der Waals surface area contributed by atoms with E-state index in [0.29, 0.717) is 12.2 Å². The van der Waals surface area contributed by atoms with Crippen LogP contribution in [0.3, 0.4) is 0 Å². The summed E-state index contributed by atoms with van der Waals surface area (Å²) in [7, 11) is 0. The number of benzene rings is 1. The summed E-state index contributed by atoms with van der Waals surface area (Å²) >= 11 is 0. The summed E-state index contributed by atoms with van der Waals surface area (Å²) in [6.45, 7) is 8.33. The fourth-order valence-corrected chi connectivity index (χ4v) is 2.22. The van der Waals surface area contributed by atoms with E-state index in [2.05, 4.69) is 10.1 Å². The fourth-order valence-electron chi connectivity index (χ4n) is 2.22. The summed E-state index contributed by atoms with van der Waals surface area (Å²) in [5.74, 6) is 1.59. The van der Waals surface area contributed by atoms with Crippen LogP contribution in [0.15, 0.2) is 18.5 Å². The number of ether oxygens (including phenoxy) is 1. The first-order valence-electron chi connectivity index (χ1n) is 6.60. The molecule has 0 radical (unpaired) electrons. The van der Waals surface area contributed by atoms with Crippen molar-refractivity contribution < 1.29 is 9.53 Å². The smallest absolute Gasteiger partial charge is 0.165 e. The lowest BCUT2D eigenvalue weighted by atomic mass is 10.1. The van der Waals surface area contributed by atoms with Crippen LogP contribution in [0.5, 0.6) is 5.75 Å². The summed E-state index contributed by atoms with van der Waals surface area (Å²) in [5, 5.41) is 4.18. The van der Waals surface area contributed by atoms with E-state index >= 15 is 0 Å². The molecule has 1 aromatic carbocycles. The lowest BCUT2D eigenvalue weighted by molar-refractivity contribution is 0.112. The van der Waals surface area contributed by atoms with Crippen LogP contribution in [0, 0.1) is 13.8 Å². The monoisotopic (exact) mass is 273 g/mol. The Balaban J connectivity index is 2.19. The minimum atomic E-state index is 0.246. The molecule has 0 fully saturated rings. The van der Waals surface area contributed by atoms with E-state index in [9.17, 15) is 4.79 Å².